The van der Waals surface area contributed by atoms with E-state index in [9.17, 15) is 9.59 Å². The van der Waals surface area contributed by atoms with Crippen molar-refractivity contribution in [3.8, 4) is 11.4 Å². The summed E-state index contributed by atoms with van der Waals surface area (Å²) in [7, 11) is 0. The van der Waals surface area contributed by atoms with Crippen molar-refractivity contribution in [3.05, 3.63) is 60.4 Å². The fourth-order valence-corrected chi connectivity index (χ4v) is 3.48. The van der Waals surface area contributed by atoms with E-state index >= 15 is 0 Å². The summed E-state index contributed by atoms with van der Waals surface area (Å²) in [6, 6.07) is 15.1. The van der Waals surface area contributed by atoms with Crippen LogP contribution in [0.1, 0.15) is 31.7 Å². The normalized spacial score (nSPS) is 10.8. The quantitative estimate of drug-likeness (QED) is 0.469. The molecule has 0 bridgehead atoms. The minimum Gasteiger partial charge on any atom is -0.493 e. The maximum absolute atomic E-state index is 12.3. The first kappa shape index (κ1) is 22.4. The molecule has 9 heteroatoms. The van der Waals surface area contributed by atoms with Crippen LogP contribution in [-0.4, -0.2) is 38.9 Å². The molecule has 1 aromatic heterocycles. The van der Waals surface area contributed by atoms with Crippen molar-refractivity contribution >= 4 is 29.3 Å². The second-order valence-electron chi connectivity index (χ2n) is 7.16. The number of anilines is 1. The average molecular weight is 440 g/mol. The SMILES string of the molecule is CC(C)c1ccc(-n2cnnc2SCC(=O)Nc2ccc(OCCC(N)=O)cc2)cc1. The standard InChI is InChI=1S/C22H25N5O3S/c1-15(2)16-3-7-18(8-4-16)27-14-24-26-22(27)31-13-21(29)25-17-5-9-19(10-6-17)30-12-11-20(23)28/h3-10,14-15H,11-13H2,1-2H3,(H2,23,28)(H,25,29). The molecule has 0 aliphatic carbocycles. The largest absolute Gasteiger partial charge is 0.493 e. The van der Waals surface area contributed by atoms with Crippen LogP contribution in [-0.2, 0) is 9.59 Å². The molecule has 162 valence electrons. The van der Waals surface area contributed by atoms with E-state index in [2.05, 4.69) is 41.5 Å². The van der Waals surface area contributed by atoms with E-state index in [4.69, 9.17) is 10.5 Å². The highest BCUT2D eigenvalue weighted by Gasteiger charge is 2.11. The van der Waals surface area contributed by atoms with Crippen LogP contribution in [0.5, 0.6) is 5.75 Å². The summed E-state index contributed by atoms with van der Waals surface area (Å²) in [6.45, 7) is 4.52. The maximum Gasteiger partial charge on any atom is 0.234 e. The van der Waals surface area contributed by atoms with E-state index < -0.39 is 5.91 Å². The number of nitrogens with two attached hydrogens (primary N) is 1. The molecule has 8 nitrogen and oxygen atoms in total. The summed E-state index contributed by atoms with van der Waals surface area (Å²) in [5, 5.41) is 11.6. The lowest BCUT2D eigenvalue weighted by molar-refractivity contribution is -0.118. The molecule has 0 saturated heterocycles. The molecular weight excluding hydrogens is 414 g/mol. The van der Waals surface area contributed by atoms with Crippen LogP contribution >= 0.6 is 11.8 Å². The summed E-state index contributed by atoms with van der Waals surface area (Å²) < 4.78 is 7.27. The zero-order chi connectivity index (χ0) is 22.2. The maximum atomic E-state index is 12.3. The number of aromatic nitrogens is 3. The smallest absolute Gasteiger partial charge is 0.234 e. The van der Waals surface area contributed by atoms with Gasteiger partial charge in [0.05, 0.1) is 18.8 Å². The third-order valence-corrected chi connectivity index (χ3v) is 5.39. The van der Waals surface area contributed by atoms with Crippen molar-refractivity contribution in [2.75, 3.05) is 17.7 Å². The van der Waals surface area contributed by atoms with Gasteiger partial charge in [-0.2, -0.15) is 0 Å². The van der Waals surface area contributed by atoms with Gasteiger partial charge in [0.2, 0.25) is 11.8 Å². The molecule has 2 aromatic carbocycles. The lowest BCUT2D eigenvalue weighted by Gasteiger charge is -2.10. The lowest BCUT2D eigenvalue weighted by Crippen LogP contribution is -2.15. The molecule has 0 atom stereocenters. The summed E-state index contributed by atoms with van der Waals surface area (Å²) in [4.78, 5) is 23.1. The minimum absolute atomic E-state index is 0.155. The Morgan fingerprint density at radius 2 is 1.84 bits per heavy atom. The fraction of sp³-hybridized carbons (Fsp3) is 0.273. The third kappa shape index (κ3) is 6.58. The monoisotopic (exact) mass is 439 g/mol. The van der Waals surface area contributed by atoms with Crippen LogP contribution in [0.15, 0.2) is 60.0 Å². The number of amides is 2. The number of thioether (sulfide) groups is 1. The Labute approximate surface area is 185 Å². The predicted octanol–water partition coefficient (Wildman–Crippen LogP) is 3.38. The van der Waals surface area contributed by atoms with Crippen molar-refractivity contribution < 1.29 is 14.3 Å². The first-order valence-corrected chi connectivity index (χ1v) is 10.8. The van der Waals surface area contributed by atoms with Gasteiger partial charge in [-0.3, -0.25) is 14.2 Å². The Morgan fingerprint density at radius 1 is 1.13 bits per heavy atom. The van der Waals surface area contributed by atoms with Crippen molar-refractivity contribution in [2.45, 2.75) is 31.3 Å². The molecule has 0 aliphatic heterocycles. The molecule has 31 heavy (non-hydrogen) atoms. The van der Waals surface area contributed by atoms with Gasteiger partial charge in [-0.05, 0) is 47.9 Å². The molecule has 1 heterocycles. The summed E-state index contributed by atoms with van der Waals surface area (Å²) >= 11 is 1.31. The molecule has 3 aromatic rings. The van der Waals surface area contributed by atoms with Crippen LogP contribution in [0, 0.1) is 0 Å². The molecule has 0 spiro atoms. The number of hydrogen-bond acceptors (Lipinski definition) is 6. The average Bonchev–Trinajstić information content (AvgIpc) is 3.22. The van der Waals surface area contributed by atoms with Crippen molar-refractivity contribution in [3.63, 3.8) is 0 Å². The highest BCUT2D eigenvalue weighted by Crippen LogP contribution is 2.22. The number of rotatable bonds is 10. The highest BCUT2D eigenvalue weighted by molar-refractivity contribution is 7.99. The fourth-order valence-electron chi connectivity index (χ4n) is 2.75. The van der Waals surface area contributed by atoms with Gasteiger partial charge < -0.3 is 15.8 Å². The zero-order valence-corrected chi connectivity index (χ0v) is 18.3. The van der Waals surface area contributed by atoms with Crippen molar-refractivity contribution in [1.82, 2.24) is 14.8 Å². The summed E-state index contributed by atoms with van der Waals surface area (Å²) in [6.07, 6.45) is 1.80. The van der Waals surface area contributed by atoms with Crippen LogP contribution in [0.2, 0.25) is 0 Å². The van der Waals surface area contributed by atoms with Gasteiger partial charge in [0.15, 0.2) is 5.16 Å². The van der Waals surface area contributed by atoms with Gasteiger partial charge in [0.25, 0.3) is 0 Å². The Balaban J connectivity index is 1.52. The Hall–Kier alpha value is -3.33. The highest BCUT2D eigenvalue weighted by atomic mass is 32.2. The second kappa shape index (κ2) is 10.6. The second-order valence-corrected chi connectivity index (χ2v) is 8.10. The molecule has 0 unspecified atom stereocenters. The van der Waals surface area contributed by atoms with E-state index in [1.54, 1.807) is 30.6 Å². The first-order chi connectivity index (χ1) is 14.9. The molecule has 0 aliphatic rings. The molecule has 2 amide bonds. The molecule has 0 fully saturated rings. The van der Waals surface area contributed by atoms with E-state index in [0.717, 1.165) is 5.69 Å². The van der Waals surface area contributed by atoms with Gasteiger partial charge in [-0.25, -0.2) is 0 Å². The van der Waals surface area contributed by atoms with Gasteiger partial charge in [-0.15, -0.1) is 10.2 Å². The number of hydrogen-bond donors (Lipinski definition) is 2. The number of ether oxygens (including phenoxy) is 1. The van der Waals surface area contributed by atoms with Gasteiger partial charge >= 0.3 is 0 Å². The molecule has 0 saturated carbocycles. The first-order valence-electron chi connectivity index (χ1n) is 9.86. The molecular formula is C22H25N5O3S. The predicted molar refractivity (Wildman–Crippen MR) is 121 cm³/mol. The van der Waals surface area contributed by atoms with Crippen LogP contribution in [0.25, 0.3) is 5.69 Å². The van der Waals surface area contributed by atoms with Gasteiger partial charge in [0, 0.05) is 11.4 Å². The number of carbonyl (C=O) groups is 2. The van der Waals surface area contributed by atoms with Crippen LogP contribution in [0.4, 0.5) is 5.69 Å². The van der Waals surface area contributed by atoms with Crippen LogP contribution < -0.4 is 15.8 Å². The zero-order valence-electron chi connectivity index (χ0n) is 17.4. The number of nitrogens with one attached hydrogen (secondary N) is 1. The Morgan fingerprint density at radius 3 is 2.48 bits per heavy atom. The number of nitrogens with zero attached hydrogens (tertiary/aromatic N) is 3. The Kier molecular flexibility index (Phi) is 7.66. The summed E-state index contributed by atoms with van der Waals surface area (Å²) in [5.41, 5.74) is 7.94. The minimum atomic E-state index is -0.412. The molecule has 0 radical (unpaired) electrons. The number of benzene rings is 2. The topological polar surface area (TPSA) is 112 Å². The van der Waals surface area contributed by atoms with E-state index in [1.807, 2.05) is 16.7 Å². The van der Waals surface area contributed by atoms with Gasteiger partial charge in [-0.1, -0.05) is 37.7 Å². The Bertz CT molecular complexity index is 1020. The molecule has 3 N–H and O–H groups in total. The van der Waals surface area contributed by atoms with E-state index in [0.29, 0.717) is 22.5 Å². The van der Waals surface area contributed by atoms with Crippen molar-refractivity contribution in [2.24, 2.45) is 5.73 Å². The van der Waals surface area contributed by atoms with E-state index in [-0.39, 0.29) is 24.7 Å². The van der Waals surface area contributed by atoms with Crippen molar-refractivity contribution in [1.29, 1.82) is 0 Å². The lowest BCUT2D eigenvalue weighted by atomic mass is 10.0. The number of carbonyl (C=O) groups excluding carboxylic acids is 2. The number of primary amides is 1. The van der Waals surface area contributed by atoms with Gasteiger partial charge in [0.1, 0.15) is 12.1 Å². The van der Waals surface area contributed by atoms with Crippen LogP contribution in [0.3, 0.4) is 0 Å². The summed E-state index contributed by atoms with van der Waals surface area (Å²) in [5.74, 6) is 0.690. The third-order valence-electron chi connectivity index (χ3n) is 4.44. The molecule has 3 rings (SSSR count). The van der Waals surface area contributed by atoms with E-state index in [1.165, 1.54) is 17.3 Å².